The van der Waals surface area contributed by atoms with E-state index in [1.54, 1.807) is 13.8 Å². The molecule has 0 aliphatic heterocycles. The molecule has 1 aromatic heterocycles. The average Bonchev–Trinajstić information content (AvgIpc) is 2.48. The number of allylic oxidation sites excluding steroid dienone is 2. The molecule has 24 heavy (non-hydrogen) atoms. The van der Waals surface area contributed by atoms with Crippen LogP contribution in [-0.4, -0.2) is 5.11 Å². The molecule has 0 spiro atoms. The molecule has 3 nitrogen and oxygen atoms in total. The Bertz CT molecular complexity index is 625. The number of aromatic hydroxyl groups is 1. The summed E-state index contributed by atoms with van der Waals surface area (Å²) in [5.74, 6) is 2.40. The van der Waals surface area contributed by atoms with E-state index in [0.29, 0.717) is 23.2 Å². The summed E-state index contributed by atoms with van der Waals surface area (Å²) in [6, 6.07) is 0. The fourth-order valence-corrected chi connectivity index (χ4v) is 3.71. The Morgan fingerprint density at radius 3 is 2.33 bits per heavy atom. The van der Waals surface area contributed by atoms with Crippen LogP contribution in [0.2, 0.25) is 0 Å². The second-order valence-corrected chi connectivity index (χ2v) is 7.61. The minimum absolute atomic E-state index is 0.0448. The maximum atomic E-state index is 11.8. The number of hydrogen-bond donors (Lipinski definition) is 1. The lowest BCUT2D eigenvalue weighted by Gasteiger charge is -2.19. The van der Waals surface area contributed by atoms with E-state index in [2.05, 4.69) is 33.8 Å². The fourth-order valence-electron chi connectivity index (χ4n) is 3.71. The van der Waals surface area contributed by atoms with E-state index in [1.165, 1.54) is 19.3 Å². The molecule has 0 aliphatic carbocycles. The molecule has 3 heteroatoms. The van der Waals surface area contributed by atoms with Gasteiger partial charge in [0.15, 0.2) is 0 Å². The van der Waals surface area contributed by atoms with Gasteiger partial charge in [-0.3, -0.25) is 0 Å². The smallest absolute Gasteiger partial charge is 0.342 e. The first-order chi connectivity index (χ1) is 11.2. The Balaban J connectivity index is 2.84. The molecule has 1 rings (SSSR count). The molecule has 3 unspecified atom stereocenters. The van der Waals surface area contributed by atoms with Gasteiger partial charge in [-0.1, -0.05) is 46.6 Å². The largest absolute Gasteiger partial charge is 0.507 e. The molecule has 0 saturated carbocycles. The molecule has 1 aromatic rings. The maximum absolute atomic E-state index is 11.8. The van der Waals surface area contributed by atoms with Gasteiger partial charge in [0.2, 0.25) is 0 Å². The van der Waals surface area contributed by atoms with E-state index in [9.17, 15) is 9.90 Å². The molecule has 1 heterocycles. The zero-order valence-corrected chi connectivity index (χ0v) is 16.4. The molecule has 0 bridgehead atoms. The van der Waals surface area contributed by atoms with Crippen molar-refractivity contribution in [1.82, 2.24) is 0 Å². The van der Waals surface area contributed by atoms with Crippen molar-refractivity contribution in [3.63, 3.8) is 0 Å². The first-order valence-electron chi connectivity index (χ1n) is 9.19. The summed E-state index contributed by atoms with van der Waals surface area (Å²) in [5.41, 5.74) is 1.37. The fraction of sp³-hybridized carbons (Fsp3) is 0.667. The van der Waals surface area contributed by atoms with Gasteiger partial charge in [0.25, 0.3) is 0 Å². The lowest BCUT2D eigenvalue weighted by atomic mass is 9.87. The Morgan fingerprint density at radius 2 is 1.75 bits per heavy atom. The van der Waals surface area contributed by atoms with Crippen LogP contribution in [0.3, 0.4) is 0 Å². The zero-order chi connectivity index (χ0) is 18.4. The van der Waals surface area contributed by atoms with Crippen LogP contribution in [0.25, 0.3) is 5.57 Å². The van der Waals surface area contributed by atoms with Gasteiger partial charge in [-0.2, -0.15) is 0 Å². The van der Waals surface area contributed by atoms with E-state index in [0.717, 1.165) is 17.9 Å². The van der Waals surface area contributed by atoms with Gasteiger partial charge in [-0.15, -0.1) is 0 Å². The lowest BCUT2D eigenvalue weighted by Crippen LogP contribution is -2.08. The Kier molecular flexibility index (Phi) is 7.78. The van der Waals surface area contributed by atoms with Crippen LogP contribution in [-0.2, 0) is 0 Å². The van der Waals surface area contributed by atoms with Gasteiger partial charge in [-0.05, 0) is 56.9 Å². The predicted octanol–water partition coefficient (Wildman–Crippen LogP) is 5.85. The molecular weight excluding hydrogens is 300 g/mol. The van der Waals surface area contributed by atoms with Gasteiger partial charge in [-0.25, -0.2) is 4.79 Å². The van der Waals surface area contributed by atoms with E-state index in [1.807, 2.05) is 6.92 Å². The Labute approximate surface area is 146 Å². The van der Waals surface area contributed by atoms with E-state index < -0.39 is 5.63 Å². The second-order valence-electron chi connectivity index (χ2n) is 7.61. The van der Waals surface area contributed by atoms with E-state index in [-0.39, 0.29) is 11.3 Å². The maximum Gasteiger partial charge on any atom is 0.342 e. The number of rotatable bonds is 8. The first kappa shape index (κ1) is 20.5. The summed E-state index contributed by atoms with van der Waals surface area (Å²) >= 11 is 0. The zero-order valence-electron chi connectivity index (χ0n) is 16.4. The molecule has 1 N–H and O–H groups in total. The van der Waals surface area contributed by atoms with Crippen molar-refractivity contribution < 1.29 is 9.52 Å². The van der Waals surface area contributed by atoms with E-state index in [4.69, 9.17) is 4.42 Å². The van der Waals surface area contributed by atoms with Gasteiger partial charge in [0.05, 0.1) is 5.56 Å². The summed E-state index contributed by atoms with van der Waals surface area (Å²) < 4.78 is 5.40. The van der Waals surface area contributed by atoms with Crippen molar-refractivity contribution in [1.29, 1.82) is 0 Å². The molecule has 0 radical (unpaired) electrons. The van der Waals surface area contributed by atoms with Gasteiger partial charge >= 0.3 is 5.63 Å². The molecule has 136 valence electrons. The van der Waals surface area contributed by atoms with Crippen LogP contribution < -0.4 is 5.63 Å². The summed E-state index contributed by atoms with van der Waals surface area (Å²) in [4.78, 5) is 11.8. The third-order valence-electron chi connectivity index (χ3n) is 4.80. The number of hydrogen-bond acceptors (Lipinski definition) is 3. The summed E-state index contributed by atoms with van der Waals surface area (Å²) in [7, 11) is 0. The normalized spacial score (nSPS) is 16.0. The van der Waals surface area contributed by atoms with Crippen molar-refractivity contribution in [2.45, 2.75) is 74.1 Å². The van der Waals surface area contributed by atoms with Crippen molar-refractivity contribution in [2.75, 3.05) is 0 Å². The Hall–Kier alpha value is -1.51. The molecule has 0 amide bonds. The average molecular weight is 335 g/mol. The van der Waals surface area contributed by atoms with Crippen LogP contribution in [0.1, 0.15) is 77.2 Å². The highest BCUT2D eigenvalue weighted by Crippen LogP contribution is 2.29. The Morgan fingerprint density at radius 1 is 1.12 bits per heavy atom. The molecule has 0 aromatic carbocycles. The standard InChI is InChI=1S/C21H34O3/c1-8-9-13(2)10-14(3)11-15(4)12-16(5)20-17(6)19(22)18(7)21(23)24-20/h12-15,22H,8-11H2,1-7H3. The van der Waals surface area contributed by atoms with E-state index >= 15 is 0 Å². The molecule has 0 aliphatic rings. The minimum atomic E-state index is -0.463. The van der Waals surface area contributed by atoms with Gasteiger partial charge < -0.3 is 9.52 Å². The molecule has 3 atom stereocenters. The van der Waals surface area contributed by atoms with Crippen LogP contribution in [0.4, 0.5) is 0 Å². The van der Waals surface area contributed by atoms with Crippen molar-refractivity contribution in [3.05, 3.63) is 33.4 Å². The van der Waals surface area contributed by atoms with Crippen molar-refractivity contribution >= 4 is 5.57 Å². The highest BCUT2D eigenvalue weighted by atomic mass is 16.4. The van der Waals surface area contributed by atoms with Crippen LogP contribution in [0.5, 0.6) is 5.75 Å². The minimum Gasteiger partial charge on any atom is -0.507 e. The molecule has 0 saturated heterocycles. The topological polar surface area (TPSA) is 50.4 Å². The summed E-state index contributed by atoms with van der Waals surface area (Å²) in [6.07, 6.45) is 7.07. The van der Waals surface area contributed by atoms with Crippen LogP contribution in [0, 0.1) is 31.6 Å². The lowest BCUT2D eigenvalue weighted by molar-refractivity contribution is 0.353. The van der Waals surface area contributed by atoms with Gasteiger partial charge in [0.1, 0.15) is 11.5 Å². The summed E-state index contributed by atoms with van der Waals surface area (Å²) in [6.45, 7) is 14.4. The van der Waals surface area contributed by atoms with Crippen LogP contribution in [0.15, 0.2) is 15.3 Å². The van der Waals surface area contributed by atoms with Gasteiger partial charge in [0, 0.05) is 5.56 Å². The van der Waals surface area contributed by atoms with Crippen LogP contribution >= 0.6 is 0 Å². The quantitative estimate of drug-likeness (QED) is 0.648. The third kappa shape index (κ3) is 5.54. The van der Waals surface area contributed by atoms with Crippen molar-refractivity contribution in [2.24, 2.45) is 17.8 Å². The first-order valence-corrected chi connectivity index (χ1v) is 9.19. The summed E-state index contributed by atoms with van der Waals surface area (Å²) in [5, 5.41) is 10.1. The third-order valence-corrected chi connectivity index (χ3v) is 4.80. The monoisotopic (exact) mass is 334 g/mol. The second kappa shape index (κ2) is 9.10. The van der Waals surface area contributed by atoms with Crippen molar-refractivity contribution in [3.8, 4) is 5.75 Å². The highest BCUT2D eigenvalue weighted by molar-refractivity contribution is 5.64. The molecule has 0 fully saturated rings. The highest BCUT2D eigenvalue weighted by Gasteiger charge is 2.16. The molecular formula is C21H34O3. The SMILES string of the molecule is CCCC(C)CC(C)CC(C)C=C(C)c1oc(=O)c(C)c(O)c1C. The predicted molar refractivity (Wildman–Crippen MR) is 101 cm³/mol.